The summed E-state index contributed by atoms with van der Waals surface area (Å²) in [7, 11) is 1.68. The van der Waals surface area contributed by atoms with Gasteiger partial charge in [-0.1, -0.05) is 29.8 Å². The molecule has 28 heavy (non-hydrogen) atoms. The fraction of sp³-hybridized carbons (Fsp3) is 0.391. The highest BCUT2D eigenvalue weighted by Crippen LogP contribution is 2.20. The van der Waals surface area contributed by atoms with Crippen molar-refractivity contribution in [1.29, 1.82) is 0 Å². The quantitative estimate of drug-likeness (QED) is 0.635. The minimum atomic E-state index is -0.0495. The van der Waals surface area contributed by atoms with Crippen molar-refractivity contribution >= 4 is 11.7 Å². The molecule has 0 bridgehead atoms. The summed E-state index contributed by atoms with van der Waals surface area (Å²) in [6.45, 7) is 1.40. The van der Waals surface area contributed by atoms with Gasteiger partial charge in [0.05, 0.1) is 7.11 Å². The van der Waals surface area contributed by atoms with Crippen LogP contribution in [-0.4, -0.2) is 31.1 Å². The zero-order valence-corrected chi connectivity index (χ0v) is 16.5. The molecule has 1 heterocycles. The number of pyridine rings is 1. The summed E-state index contributed by atoms with van der Waals surface area (Å²) < 4.78 is 5.38. The van der Waals surface area contributed by atoms with Gasteiger partial charge in [0, 0.05) is 24.8 Å². The fourth-order valence-electron chi connectivity index (χ4n) is 3.47. The zero-order chi connectivity index (χ0) is 19.6. The van der Waals surface area contributed by atoms with Crippen LogP contribution >= 0.6 is 0 Å². The first-order chi connectivity index (χ1) is 13.8. The Morgan fingerprint density at radius 2 is 2.04 bits per heavy atom. The monoisotopic (exact) mass is 379 g/mol. The van der Waals surface area contributed by atoms with Gasteiger partial charge in [-0.15, -0.1) is 0 Å². The number of allylic oxidation sites excluding steroid dienone is 1. The van der Waals surface area contributed by atoms with Crippen LogP contribution in [0.3, 0.4) is 0 Å². The average Bonchev–Trinajstić information content (AvgIpc) is 2.75. The van der Waals surface area contributed by atoms with Crippen molar-refractivity contribution in [3.05, 3.63) is 65.4 Å². The molecule has 0 fully saturated rings. The number of hydrogen-bond acceptors (Lipinski definition) is 4. The van der Waals surface area contributed by atoms with E-state index in [0.29, 0.717) is 24.5 Å². The molecule has 5 nitrogen and oxygen atoms in total. The number of anilines is 1. The predicted molar refractivity (Wildman–Crippen MR) is 113 cm³/mol. The molecule has 1 aromatic carbocycles. The second-order valence-electron chi connectivity index (χ2n) is 7.03. The molecule has 3 rings (SSSR count). The van der Waals surface area contributed by atoms with Crippen molar-refractivity contribution in [3.8, 4) is 5.75 Å². The first-order valence-corrected chi connectivity index (χ1v) is 10.0. The Balaban J connectivity index is 1.47. The number of benzene rings is 1. The second-order valence-corrected chi connectivity index (χ2v) is 7.03. The van der Waals surface area contributed by atoms with Crippen molar-refractivity contribution in [2.75, 3.05) is 25.5 Å². The van der Waals surface area contributed by atoms with Gasteiger partial charge in [-0.25, -0.2) is 4.98 Å². The molecule has 0 spiro atoms. The summed E-state index contributed by atoms with van der Waals surface area (Å²) in [5, 5.41) is 6.31. The molecule has 0 saturated carbocycles. The Morgan fingerprint density at radius 1 is 1.14 bits per heavy atom. The summed E-state index contributed by atoms with van der Waals surface area (Å²) >= 11 is 0. The maximum absolute atomic E-state index is 12.4. The van der Waals surface area contributed by atoms with E-state index in [1.807, 2.05) is 18.2 Å². The Labute approximate surface area is 167 Å². The molecule has 1 aliphatic carbocycles. The summed E-state index contributed by atoms with van der Waals surface area (Å²) in [5.74, 6) is 1.54. The number of ether oxygens (including phenoxy) is 1. The normalized spacial score (nSPS) is 13.5. The van der Waals surface area contributed by atoms with E-state index in [2.05, 4.69) is 27.8 Å². The number of nitrogens with zero attached hydrogens (tertiary/aromatic N) is 1. The van der Waals surface area contributed by atoms with Gasteiger partial charge in [0.15, 0.2) is 0 Å². The molecule has 0 aliphatic heterocycles. The molecular weight excluding hydrogens is 350 g/mol. The van der Waals surface area contributed by atoms with Crippen LogP contribution in [0.25, 0.3) is 0 Å². The lowest BCUT2D eigenvalue weighted by Crippen LogP contribution is -2.25. The van der Waals surface area contributed by atoms with E-state index in [9.17, 15) is 4.79 Å². The van der Waals surface area contributed by atoms with Crippen molar-refractivity contribution in [2.24, 2.45) is 0 Å². The molecule has 2 N–H and O–H groups in total. The van der Waals surface area contributed by atoms with Gasteiger partial charge in [-0.3, -0.25) is 4.79 Å². The molecule has 0 unspecified atom stereocenters. The number of nitrogens with one attached hydrogen (secondary N) is 2. The number of carbonyl (C=O) groups excluding carboxylic acids is 1. The highest BCUT2D eigenvalue weighted by Gasteiger charge is 2.08. The van der Waals surface area contributed by atoms with Crippen molar-refractivity contribution < 1.29 is 9.53 Å². The fourth-order valence-corrected chi connectivity index (χ4v) is 3.47. The van der Waals surface area contributed by atoms with Crippen LogP contribution in [-0.2, 0) is 6.42 Å². The zero-order valence-electron chi connectivity index (χ0n) is 16.5. The lowest BCUT2D eigenvalue weighted by Gasteiger charge is -2.13. The minimum absolute atomic E-state index is 0.0495. The van der Waals surface area contributed by atoms with Crippen LogP contribution in [0, 0.1) is 0 Å². The molecule has 1 aromatic heterocycles. The van der Waals surface area contributed by atoms with Crippen LogP contribution in [0.4, 0.5) is 5.82 Å². The Hall–Kier alpha value is -2.82. The van der Waals surface area contributed by atoms with Crippen LogP contribution in [0.15, 0.2) is 54.2 Å². The van der Waals surface area contributed by atoms with E-state index >= 15 is 0 Å². The molecule has 1 amide bonds. The van der Waals surface area contributed by atoms with Crippen LogP contribution in [0.2, 0.25) is 0 Å². The summed E-state index contributed by atoms with van der Waals surface area (Å²) in [6.07, 6.45) is 10.7. The van der Waals surface area contributed by atoms with Crippen LogP contribution in [0.5, 0.6) is 5.75 Å². The lowest BCUT2D eigenvalue weighted by molar-refractivity contribution is 0.0954. The number of hydrogen-bond donors (Lipinski definition) is 2. The lowest BCUT2D eigenvalue weighted by atomic mass is 9.97. The number of amides is 1. The summed E-state index contributed by atoms with van der Waals surface area (Å²) in [6, 6.07) is 11.5. The van der Waals surface area contributed by atoms with E-state index in [0.717, 1.165) is 24.2 Å². The number of para-hydroxylation sites is 1. The van der Waals surface area contributed by atoms with Gasteiger partial charge < -0.3 is 15.4 Å². The summed E-state index contributed by atoms with van der Waals surface area (Å²) in [5.41, 5.74) is 3.25. The van der Waals surface area contributed by atoms with Gasteiger partial charge in [-0.05, 0) is 62.3 Å². The molecular formula is C23H29N3O2. The van der Waals surface area contributed by atoms with E-state index < -0.39 is 0 Å². The molecule has 0 atom stereocenters. The molecule has 5 heteroatoms. The number of carbonyl (C=O) groups is 1. The number of aromatic nitrogens is 1. The topological polar surface area (TPSA) is 63.2 Å². The third-order valence-electron chi connectivity index (χ3n) is 5.03. The highest BCUT2D eigenvalue weighted by molar-refractivity contribution is 5.94. The third-order valence-corrected chi connectivity index (χ3v) is 5.03. The average molecular weight is 380 g/mol. The maximum atomic E-state index is 12.4. The highest BCUT2D eigenvalue weighted by atomic mass is 16.5. The molecule has 0 radical (unpaired) electrons. The Morgan fingerprint density at radius 3 is 2.86 bits per heavy atom. The molecule has 0 saturated heterocycles. The van der Waals surface area contributed by atoms with Crippen molar-refractivity contribution in [3.63, 3.8) is 0 Å². The first kappa shape index (κ1) is 19.9. The number of rotatable bonds is 9. The summed E-state index contributed by atoms with van der Waals surface area (Å²) in [4.78, 5) is 16.7. The Kier molecular flexibility index (Phi) is 7.47. The molecule has 2 aromatic rings. The molecule has 148 valence electrons. The van der Waals surface area contributed by atoms with Crippen LogP contribution < -0.4 is 15.4 Å². The van der Waals surface area contributed by atoms with Crippen molar-refractivity contribution in [1.82, 2.24) is 10.3 Å². The van der Waals surface area contributed by atoms with Gasteiger partial charge in [-0.2, -0.15) is 0 Å². The van der Waals surface area contributed by atoms with Gasteiger partial charge in [0.1, 0.15) is 11.6 Å². The van der Waals surface area contributed by atoms with Crippen LogP contribution in [0.1, 0.15) is 48.0 Å². The van der Waals surface area contributed by atoms with Gasteiger partial charge >= 0.3 is 0 Å². The Bertz CT molecular complexity index is 817. The minimum Gasteiger partial charge on any atom is -0.496 e. The van der Waals surface area contributed by atoms with E-state index in [1.165, 1.54) is 31.3 Å². The first-order valence-electron chi connectivity index (χ1n) is 10.0. The van der Waals surface area contributed by atoms with Gasteiger partial charge in [0.2, 0.25) is 0 Å². The number of methoxy groups -OCH3 is 1. The van der Waals surface area contributed by atoms with Gasteiger partial charge in [0.25, 0.3) is 5.91 Å². The van der Waals surface area contributed by atoms with Crippen molar-refractivity contribution in [2.45, 2.75) is 38.5 Å². The largest absolute Gasteiger partial charge is 0.496 e. The third kappa shape index (κ3) is 5.84. The maximum Gasteiger partial charge on any atom is 0.251 e. The standard InChI is InChI=1S/C23H29N3O2/c1-28-21-10-6-5-9-19(21)12-15-24-22-17-20(13-16-25-22)23(27)26-14-11-18-7-3-2-4-8-18/h5-7,9-10,13,16-17H,2-4,8,11-12,14-15H2,1H3,(H,24,25)(H,26,27). The smallest absolute Gasteiger partial charge is 0.251 e. The second kappa shape index (κ2) is 10.5. The van der Waals surface area contributed by atoms with E-state index in [1.54, 1.807) is 25.4 Å². The van der Waals surface area contributed by atoms with E-state index in [4.69, 9.17) is 4.74 Å². The predicted octanol–water partition coefficient (Wildman–Crippen LogP) is 4.37. The van der Waals surface area contributed by atoms with E-state index in [-0.39, 0.29) is 5.91 Å². The SMILES string of the molecule is COc1ccccc1CCNc1cc(C(=O)NCCC2=CCCCC2)ccn1. The molecule has 1 aliphatic rings.